The summed E-state index contributed by atoms with van der Waals surface area (Å²) in [5.41, 5.74) is 1.86. The molecule has 3 aromatic rings. The second-order valence-electron chi connectivity index (χ2n) is 6.09. The topological polar surface area (TPSA) is 65.4 Å². The van der Waals surface area contributed by atoms with Gasteiger partial charge in [0.1, 0.15) is 23.9 Å². The molecular weight excluding hydrogens is 422 g/mol. The molecule has 1 aromatic carbocycles. The minimum Gasteiger partial charge on any atom is -0.486 e. The lowest BCUT2D eigenvalue weighted by atomic mass is 10.1. The van der Waals surface area contributed by atoms with Crippen molar-refractivity contribution in [1.82, 2.24) is 14.9 Å². The molecule has 0 aliphatic carbocycles. The van der Waals surface area contributed by atoms with E-state index >= 15 is 0 Å². The molecule has 0 saturated heterocycles. The Morgan fingerprint density at radius 2 is 2.00 bits per heavy atom. The normalized spacial score (nSPS) is 11.7. The van der Waals surface area contributed by atoms with Crippen molar-refractivity contribution in [2.75, 3.05) is 5.75 Å². The zero-order chi connectivity index (χ0) is 21.0. The lowest BCUT2D eigenvalue weighted by Gasteiger charge is -2.08. The van der Waals surface area contributed by atoms with Crippen LogP contribution in [-0.2, 0) is 6.61 Å². The Morgan fingerprint density at radius 1 is 1.28 bits per heavy atom. The highest BCUT2D eigenvalue weighted by atomic mass is 35.5. The van der Waals surface area contributed by atoms with Crippen LogP contribution in [0.25, 0.3) is 0 Å². The fraction of sp³-hybridized carbons (Fsp3) is 0.316. The standard InChI is InChI=1S/C19H19ClF2N4O2S/c1-4-29-19-25-24-18(17(21)22)26(19)23-9-13-5-6-14(28-13)10-27-15-7-11(2)16(20)12(3)8-15/h5-9,17H,4,10H2,1-3H3/b23-9-. The summed E-state index contributed by atoms with van der Waals surface area (Å²) in [6.45, 7) is 5.92. The molecular formula is C19H19ClF2N4O2S. The van der Waals surface area contributed by atoms with Crippen LogP contribution in [0.3, 0.4) is 0 Å². The Labute approximate surface area is 175 Å². The summed E-state index contributed by atoms with van der Waals surface area (Å²) in [6, 6.07) is 7.12. The Balaban J connectivity index is 1.70. The predicted molar refractivity (Wildman–Crippen MR) is 108 cm³/mol. The van der Waals surface area contributed by atoms with Crippen LogP contribution in [-0.4, -0.2) is 26.8 Å². The van der Waals surface area contributed by atoms with E-state index in [1.54, 1.807) is 12.1 Å². The first-order chi connectivity index (χ1) is 13.9. The summed E-state index contributed by atoms with van der Waals surface area (Å²) in [7, 11) is 0. The Kier molecular flexibility index (Phi) is 6.92. The molecule has 6 nitrogen and oxygen atoms in total. The van der Waals surface area contributed by atoms with Crippen LogP contribution in [0, 0.1) is 13.8 Å². The number of halogens is 3. The molecule has 0 aliphatic heterocycles. The number of aryl methyl sites for hydroxylation is 2. The largest absolute Gasteiger partial charge is 0.486 e. The monoisotopic (exact) mass is 440 g/mol. The van der Waals surface area contributed by atoms with Crippen molar-refractivity contribution >= 4 is 29.6 Å². The number of nitrogens with zero attached hydrogens (tertiary/aromatic N) is 4. The summed E-state index contributed by atoms with van der Waals surface area (Å²) in [4.78, 5) is 0. The second kappa shape index (κ2) is 9.41. The molecule has 0 bridgehead atoms. The van der Waals surface area contributed by atoms with Gasteiger partial charge in [0.25, 0.3) is 6.43 Å². The van der Waals surface area contributed by atoms with Gasteiger partial charge < -0.3 is 9.15 Å². The molecule has 0 N–H and O–H groups in total. The number of thioether (sulfide) groups is 1. The summed E-state index contributed by atoms with van der Waals surface area (Å²) in [5.74, 6) is 1.79. The minimum absolute atomic E-state index is 0.209. The highest BCUT2D eigenvalue weighted by molar-refractivity contribution is 7.99. The molecule has 29 heavy (non-hydrogen) atoms. The number of rotatable bonds is 8. The molecule has 154 valence electrons. The number of hydrogen-bond donors (Lipinski definition) is 0. The van der Waals surface area contributed by atoms with Gasteiger partial charge in [-0.15, -0.1) is 10.2 Å². The first-order valence-electron chi connectivity index (χ1n) is 8.78. The fourth-order valence-electron chi connectivity index (χ4n) is 2.54. The molecule has 0 saturated carbocycles. The second-order valence-corrected chi connectivity index (χ2v) is 7.70. The van der Waals surface area contributed by atoms with Crippen LogP contribution in [0.4, 0.5) is 8.78 Å². The first kappa shape index (κ1) is 21.3. The molecule has 0 spiro atoms. The van der Waals surface area contributed by atoms with Crippen LogP contribution in [0.1, 0.15) is 41.8 Å². The van der Waals surface area contributed by atoms with E-state index in [1.165, 1.54) is 18.0 Å². The number of alkyl halides is 2. The lowest BCUT2D eigenvalue weighted by Crippen LogP contribution is -2.00. The number of ether oxygens (including phenoxy) is 1. The van der Waals surface area contributed by atoms with E-state index in [1.807, 2.05) is 32.9 Å². The zero-order valence-electron chi connectivity index (χ0n) is 16.0. The van der Waals surface area contributed by atoms with Crippen LogP contribution in [0.2, 0.25) is 5.02 Å². The van der Waals surface area contributed by atoms with Gasteiger partial charge >= 0.3 is 0 Å². The van der Waals surface area contributed by atoms with Gasteiger partial charge in [-0.2, -0.15) is 9.78 Å². The van der Waals surface area contributed by atoms with Crippen molar-refractivity contribution in [2.24, 2.45) is 5.10 Å². The van der Waals surface area contributed by atoms with Gasteiger partial charge in [0, 0.05) is 5.02 Å². The van der Waals surface area contributed by atoms with Crippen molar-refractivity contribution in [3.05, 3.63) is 57.8 Å². The SMILES string of the molecule is CCSc1nnc(C(F)F)n1/N=C\c1ccc(COc2cc(C)c(Cl)c(C)c2)o1. The summed E-state index contributed by atoms with van der Waals surface area (Å²) >= 11 is 7.43. The summed E-state index contributed by atoms with van der Waals surface area (Å²) < 4.78 is 38.6. The molecule has 3 rings (SSSR count). The van der Waals surface area contributed by atoms with Gasteiger partial charge in [-0.05, 0) is 55.0 Å². The van der Waals surface area contributed by atoms with Crippen LogP contribution in [0.15, 0.2) is 38.9 Å². The van der Waals surface area contributed by atoms with Crippen LogP contribution in [0.5, 0.6) is 5.75 Å². The molecule has 0 aliphatic rings. The molecule has 2 heterocycles. The number of hydrogen-bond acceptors (Lipinski definition) is 6. The quantitative estimate of drug-likeness (QED) is 0.334. The third-order valence-corrected chi connectivity index (χ3v) is 5.28. The van der Waals surface area contributed by atoms with Gasteiger partial charge in [-0.25, -0.2) is 8.78 Å². The molecule has 2 aromatic heterocycles. The average Bonchev–Trinajstić information content (AvgIpc) is 3.29. The van der Waals surface area contributed by atoms with Crippen molar-refractivity contribution in [2.45, 2.75) is 39.0 Å². The van der Waals surface area contributed by atoms with Crippen molar-refractivity contribution < 1.29 is 17.9 Å². The van der Waals surface area contributed by atoms with Gasteiger partial charge in [0.15, 0.2) is 0 Å². The fourth-order valence-corrected chi connectivity index (χ4v) is 3.27. The Bertz CT molecular complexity index is 997. The predicted octanol–water partition coefficient (Wildman–Crippen LogP) is 5.65. The van der Waals surface area contributed by atoms with E-state index in [2.05, 4.69) is 15.3 Å². The van der Waals surface area contributed by atoms with Gasteiger partial charge in [-0.1, -0.05) is 30.3 Å². The van der Waals surface area contributed by atoms with Gasteiger partial charge in [0.2, 0.25) is 11.0 Å². The van der Waals surface area contributed by atoms with E-state index in [-0.39, 0.29) is 6.61 Å². The zero-order valence-corrected chi connectivity index (χ0v) is 17.6. The number of benzene rings is 1. The molecule has 0 fully saturated rings. The smallest absolute Gasteiger partial charge is 0.299 e. The van der Waals surface area contributed by atoms with E-state index in [0.717, 1.165) is 15.8 Å². The van der Waals surface area contributed by atoms with E-state index < -0.39 is 12.2 Å². The maximum Gasteiger partial charge on any atom is 0.299 e. The molecule has 10 heteroatoms. The Morgan fingerprint density at radius 3 is 2.66 bits per heavy atom. The highest BCUT2D eigenvalue weighted by Gasteiger charge is 2.20. The van der Waals surface area contributed by atoms with E-state index in [4.69, 9.17) is 20.8 Å². The van der Waals surface area contributed by atoms with Crippen molar-refractivity contribution in [3.8, 4) is 5.75 Å². The van der Waals surface area contributed by atoms with Crippen LogP contribution >= 0.6 is 23.4 Å². The molecule has 0 radical (unpaired) electrons. The third-order valence-electron chi connectivity index (χ3n) is 3.88. The minimum atomic E-state index is -2.78. The van der Waals surface area contributed by atoms with Crippen molar-refractivity contribution in [3.63, 3.8) is 0 Å². The maximum atomic E-state index is 13.1. The van der Waals surface area contributed by atoms with Crippen molar-refractivity contribution in [1.29, 1.82) is 0 Å². The van der Waals surface area contributed by atoms with Gasteiger partial charge in [-0.3, -0.25) is 0 Å². The molecule has 0 amide bonds. The van der Waals surface area contributed by atoms with Crippen LogP contribution < -0.4 is 4.74 Å². The van der Waals surface area contributed by atoms with E-state index in [0.29, 0.717) is 33.2 Å². The Hall–Kier alpha value is -2.39. The van der Waals surface area contributed by atoms with E-state index in [9.17, 15) is 8.78 Å². The summed E-state index contributed by atoms with van der Waals surface area (Å²) in [6.07, 6.45) is -1.44. The molecule has 0 atom stereocenters. The third kappa shape index (κ3) is 5.16. The number of aromatic nitrogens is 3. The molecule has 0 unspecified atom stereocenters. The average molecular weight is 441 g/mol. The van der Waals surface area contributed by atoms with Gasteiger partial charge in [0.05, 0.1) is 6.21 Å². The summed E-state index contributed by atoms with van der Waals surface area (Å²) in [5, 5.41) is 12.3. The first-order valence-corrected chi connectivity index (χ1v) is 10.1. The number of furan rings is 1. The maximum absolute atomic E-state index is 13.1. The highest BCUT2D eigenvalue weighted by Crippen LogP contribution is 2.27. The lowest BCUT2D eigenvalue weighted by molar-refractivity contribution is 0.135.